The molecular weight excluding hydrogens is 224 g/mol. The van der Waals surface area contributed by atoms with E-state index < -0.39 is 0 Å². The van der Waals surface area contributed by atoms with Crippen LogP contribution in [-0.2, 0) is 6.42 Å². The third-order valence-electron chi connectivity index (χ3n) is 2.96. The summed E-state index contributed by atoms with van der Waals surface area (Å²) in [4.78, 5) is 13.3. The van der Waals surface area contributed by atoms with Crippen molar-refractivity contribution in [3.05, 3.63) is 34.8 Å². The molecule has 0 bridgehead atoms. The minimum atomic E-state index is 0.559. The Balaban J connectivity index is 2.60. The molecule has 0 saturated heterocycles. The van der Waals surface area contributed by atoms with E-state index in [-0.39, 0.29) is 0 Å². The van der Waals surface area contributed by atoms with Crippen LogP contribution in [0.25, 0.3) is 11.4 Å². The highest BCUT2D eigenvalue weighted by atomic mass is 15.0. The second-order valence-corrected chi connectivity index (χ2v) is 4.50. The van der Waals surface area contributed by atoms with Crippen molar-refractivity contribution in [2.75, 3.05) is 5.73 Å². The van der Waals surface area contributed by atoms with Gasteiger partial charge in [0.05, 0.1) is 0 Å². The fourth-order valence-electron chi connectivity index (χ4n) is 2.02. The highest BCUT2D eigenvalue weighted by Crippen LogP contribution is 2.21. The maximum Gasteiger partial charge on any atom is 0.161 e. The van der Waals surface area contributed by atoms with E-state index in [9.17, 15) is 0 Å². The van der Waals surface area contributed by atoms with Crippen molar-refractivity contribution < 1.29 is 0 Å². The van der Waals surface area contributed by atoms with Crippen molar-refractivity contribution in [1.82, 2.24) is 15.0 Å². The quantitative estimate of drug-likeness (QED) is 0.879. The summed E-state index contributed by atoms with van der Waals surface area (Å²) in [5.74, 6) is 1.24. The lowest BCUT2D eigenvalue weighted by molar-refractivity contribution is 0.979. The number of pyridine rings is 1. The molecule has 0 aromatic carbocycles. The minimum Gasteiger partial charge on any atom is -0.383 e. The molecule has 4 nitrogen and oxygen atoms in total. The molecule has 2 heterocycles. The number of nitrogen functional groups attached to an aromatic ring is 1. The summed E-state index contributed by atoms with van der Waals surface area (Å²) in [6.45, 7) is 7.96. The normalized spacial score (nSPS) is 10.7. The summed E-state index contributed by atoms with van der Waals surface area (Å²) in [5.41, 5.74) is 10.8. The Morgan fingerprint density at radius 3 is 2.17 bits per heavy atom. The van der Waals surface area contributed by atoms with Crippen LogP contribution in [-0.4, -0.2) is 15.0 Å². The van der Waals surface area contributed by atoms with Crippen LogP contribution in [0.4, 0.5) is 5.82 Å². The van der Waals surface area contributed by atoms with Gasteiger partial charge in [-0.2, -0.15) is 0 Å². The standard InChI is InChI=1S/C14H18N4/c1-5-12-10(4)13(15)18-14(17-12)11-6-8(2)16-9(3)7-11/h6-7H,5H2,1-4H3,(H2,15,17,18). The van der Waals surface area contributed by atoms with Gasteiger partial charge in [0, 0.05) is 28.2 Å². The molecule has 0 aliphatic carbocycles. The van der Waals surface area contributed by atoms with Gasteiger partial charge in [-0.15, -0.1) is 0 Å². The van der Waals surface area contributed by atoms with Crippen LogP contribution in [0.5, 0.6) is 0 Å². The van der Waals surface area contributed by atoms with E-state index in [2.05, 4.69) is 21.9 Å². The zero-order valence-corrected chi connectivity index (χ0v) is 11.3. The van der Waals surface area contributed by atoms with Gasteiger partial charge in [-0.3, -0.25) is 4.98 Å². The fraction of sp³-hybridized carbons (Fsp3) is 0.357. The van der Waals surface area contributed by atoms with Crippen molar-refractivity contribution in [1.29, 1.82) is 0 Å². The van der Waals surface area contributed by atoms with Gasteiger partial charge in [-0.25, -0.2) is 9.97 Å². The van der Waals surface area contributed by atoms with E-state index in [1.165, 1.54) is 0 Å². The molecule has 0 unspecified atom stereocenters. The summed E-state index contributed by atoms with van der Waals surface area (Å²) < 4.78 is 0. The van der Waals surface area contributed by atoms with E-state index in [1.807, 2.05) is 32.9 Å². The van der Waals surface area contributed by atoms with Gasteiger partial charge in [-0.05, 0) is 39.3 Å². The average Bonchev–Trinajstić information content (AvgIpc) is 2.31. The number of hydrogen-bond acceptors (Lipinski definition) is 4. The number of nitrogens with zero attached hydrogens (tertiary/aromatic N) is 3. The Labute approximate surface area is 107 Å². The average molecular weight is 242 g/mol. The number of aromatic nitrogens is 3. The Morgan fingerprint density at radius 2 is 1.61 bits per heavy atom. The van der Waals surface area contributed by atoms with E-state index in [0.717, 1.165) is 34.6 Å². The molecule has 2 N–H and O–H groups in total. The number of rotatable bonds is 2. The smallest absolute Gasteiger partial charge is 0.161 e. The van der Waals surface area contributed by atoms with E-state index in [0.29, 0.717) is 11.6 Å². The molecule has 0 radical (unpaired) electrons. The molecule has 0 saturated carbocycles. The van der Waals surface area contributed by atoms with Crippen molar-refractivity contribution in [3.63, 3.8) is 0 Å². The molecule has 94 valence electrons. The molecule has 2 rings (SSSR count). The van der Waals surface area contributed by atoms with Crippen LogP contribution in [0.2, 0.25) is 0 Å². The van der Waals surface area contributed by atoms with Crippen LogP contribution in [0.1, 0.15) is 29.6 Å². The van der Waals surface area contributed by atoms with Crippen molar-refractivity contribution in [3.8, 4) is 11.4 Å². The summed E-state index contributed by atoms with van der Waals surface area (Å²) in [6.07, 6.45) is 0.856. The molecule has 0 atom stereocenters. The zero-order chi connectivity index (χ0) is 13.3. The Hall–Kier alpha value is -1.97. The van der Waals surface area contributed by atoms with Crippen molar-refractivity contribution in [2.24, 2.45) is 0 Å². The van der Waals surface area contributed by atoms with Crippen molar-refractivity contribution in [2.45, 2.75) is 34.1 Å². The van der Waals surface area contributed by atoms with E-state index in [1.54, 1.807) is 0 Å². The summed E-state index contributed by atoms with van der Waals surface area (Å²) in [5, 5.41) is 0. The first-order chi connectivity index (χ1) is 8.51. The van der Waals surface area contributed by atoms with Crippen LogP contribution in [0.3, 0.4) is 0 Å². The van der Waals surface area contributed by atoms with E-state index >= 15 is 0 Å². The second-order valence-electron chi connectivity index (χ2n) is 4.50. The molecular formula is C14H18N4. The summed E-state index contributed by atoms with van der Waals surface area (Å²) in [6, 6.07) is 3.97. The third kappa shape index (κ3) is 2.32. The van der Waals surface area contributed by atoms with Gasteiger partial charge >= 0.3 is 0 Å². The molecule has 0 amide bonds. The Kier molecular flexibility index (Phi) is 3.28. The number of anilines is 1. The number of hydrogen-bond donors (Lipinski definition) is 1. The zero-order valence-electron chi connectivity index (χ0n) is 11.3. The molecule has 4 heteroatoms. The van der Waals surface area contributed by atoms with Gasteiger partial charge in [0.25, 0.3) is 0 Å². The molecule has 0 aliphatic rings. The second kappa shape index (κ2) is 4.72. The topological polar surface area (TPSA) is 64.7 Å². The van der Waals surface area contributed by atoms with Crippen LogP contribution in [0.15, 0.2) is 12.1 Å². The number of aryl methyl sites for hydroxylation is 3. The molecule has 0 aliphatic heterocycles. The number of nitrogens with two attached hydrogens (primary N) is 1. The van der Waals surface area contributed by atoms with Gasteiger partial charge in [-0.1, -0.05) is 6.92 Å². The van der Waals surface area contributed by atoms with Crippen LogP contribution in [0, 0.1) is 20.8 Å². The largest absolute Gasteiger partial charge is 0.383 e. The van der Waals surface area contributed by atoms with Crippen LogP contribution < -0.4 is 5.73 Å². The lowest BCUT2D eigenvalue weighted by Crippen LogP contribution is -2.04. The van der Waals surface area contributed by atoms with Gasteiger partial charge < -0.3 is 5.73 Å². The fourth-order valence-corrected chi connectivity index (χ4v) is 2.02. The highest BCUT2D eigenvalue weighted by molar-refractivity contribution is 5.59. The maximum absolute atomic E-state index is 5.94. The highest BCUT2D eigenvalue weighted by Gasteiger charge is 2.10. The van der Waals surface area contributed by atoms with Crippen molar-refractivity contribution >= 4 is 5.82 Å². The van der Waals surface area contributed by atoms with Gasteiger partial charge in [0.1, 0.15) is 5.82 Å². The van der Waals surface area contributed by atoms with Gasteiger partial charge in [0.2, 0.25) is 0 Å². The first-order valence-corrected chi connectivity index (χ1v) is 6.10. The lowest BCUT2D eigenvalue weighted by atomic mass is 10.1. The summed E-state index contributed by atoms with van der Waals surface area (Å²) >= 11 is 0. The molecule has 0 fully saturated rings. The Bertz CT molecular complexity index is 570. The van der Waals surface area contributed by atoms with Crippen LogP contribution >= 0.6 is 0 Å². The monoisotopic (exact) mass is 242 g/mol. The van der Waals surface area contributed by atoms with E-state index in [4.69, 9.17) is 5.73 Å². The first kappa shape index (κ1) is 12.5. The predicted octanol–water partition coefficient (Wildman–Crippen LogP) is 2.61. The minimum absolute atomic E-state index is 0.559. The molecule has 2 aromatic heterocycles. The molecule has 2 aromatic rings. The SMILES string of the molecule is CCc1nc(-c2cc(C)nc(C)c2)nc(N)c1C. The predicted molar refractivity (Wildman–Crippen MR) is 73.3 cm³/mol. The Morgan fingerprint density at radius 1 is 1.00 bits per heavy atom. The maximum atomic E-state index is 5.94. The van der Waals surface area contributed by atoms with Gasteiger partial charge in [0.15, 0.2) is 5.82 Å². The molecule has 0 spiro atoms. The summed E-state index contributed by atoms with van der Waals surface area (Å²) in [7, 11) is 0. The first-order valence-electron chi connectivity index (χ1n) is 6.10. The third-order valence-corrected chi connectivity index (χ3v) is 2.96. The lowest BCUT2D eigenvalue weighted by Gasteiger charge is -2.09. The molecule has 18 heavy (non-hydrogen) atoms.